The van der Waals surface area contributed by atoms with E-state index < -0.39 is 0 Å². The zero-order valence-electron chi connectivity index (χ0n) is 30.5. The molecule has 0 unspecified atom stereocenters. The normalized spacial score (nSPS) is 11.5. The Kier molecular flexibility index (Phi) is 7.67. The Bertz CT molecular complexity index is 3190. The number of nitrogens with zero attached hydrogens (tertiary/aromatic N) is 5. The van der Waals surface area contributed by atoms with Crippen LogP contribution in [-0.2, 0) is 0 Å². The Balaban J connectivity index is 0.992. The minimum Gasteiger partial charge on any atom is -0.437 e. The first-order valence-electron chi connectivity index (χ1n) is 18.8. The Morgan fingerprint density at radius 3 is 1.89 bits per heavy atom. The second kappa shape index (κ2) is 13.4. The predicted molar refractivity (Wildman–Crippen MR) is 229 cm³/mol. The molecule has 268 valence electrons. The third-order valence-electron chi connectivity index (χ3n) is 10.4. The average Bonchev–Trinajstić information content (AvgIpc) is 3.90. The molecule has 0 aliphatic rings. The topological polar surface area (TPSA) is 81.1 Å². The van der Waals surface area contributed by atoms with Crippen LogP contribution in [0, 0.1) is 0 Å². The Hall–Kier alpha value is -7.90. The summed E-state index contributed by atoms with van der Waals surface area (Å²) in [5.41, 5.74) is 13.7. The number of para-hydroxylation sites is 3. The summed E-state index contributed by atoms with van der Waals surface area (Å²) in [5.74, 6) is 0.589. The molecule has 11 aromatic rings. The van der Waals surface area contributed by atoms with Crippen LogP contribution in [0.15, 0.2) is 197 Å². The van der Waals surface area contributed by atoms with Gasteiger partial charge in [-0.15, -0.1) is 0 Å². The standard InChI is InChI=1S/C50H31N5O2/c1-2-9-34(10-3-1)47-46-36(11-7-29-51-46)31-44(53-47)33-19-25-38(26-20-33)55(39-27-21-35(22-28-39)49-54-43-15-4-5-16-45(43)56-49)37-23-17-32(18-24-37)40-12-6-13-41-42-14-8-30-52-50(42)57-48(40)41/h1-31H. The van der Waals surface area contributed by atoms with E-state index in [2.05, 4.69) is 131 Å². The van der Waals surface area contributed by atoms with Gasteiger partial charge in [0, 0.05) is 67.9 Å². The molecule has 0 aliphatic carbocycles. The van der Waals surface area contributed by atoms with Gasteiger partial charge in [-0.2, -0.15) is 0 Å². The van der Waals surface area contributed by atoms with Crippen molar-refractivity contribution in [3.8, 4) is 45.1 Å². The third-order valence-corrected chi connectivity index (χ3v) is 10.4. The van der Waals surface area contributed by atoms with Gasteiger partial charge in [0.15, 0.2) is 5.58 Å². The number of anilines is 3. The van der Waals surface area contributed by atoms with E-state index in [4.69, 9.17) is 23.8 Å². The molecule has 6 aromatic carbocycles. The molecular formula is C50H31N5O2. The fourth-order valence-corrected chi connectivity index (χ4v) is 7.66. The number of fused-ring (bicyclic) bond motifs is 5. The van der Waals surface area contributed by atoms with Gasteiger partial charge in [-0.3, -0.25) is 4.98 Å². The lowest BCUT2D eigenvalue weighted by Crippen LogP contribution is -2.09. The fraction of sp³-hybridized carbons (Fsp3) is 0. The van der Waals surface area contributed by atoms with Crippen molar-refractivity contribution in [1.29, 1.82) is 0 Å². The summed E-state index contributed by atoms with van der Waals surface area (Å²) < 4.78 is 12.4. The maximum atomic E-state index is 6.28. The van der Waals surface area contributed by atoms with Gasteiger partial charge in [0.05, 0.1) is 16.9 Å². The maximum Gasteiger partial charge on any atom is 0.227 e. The van der Waals surface area contributed by atoms with Gasteiger partial charge in [0.25, 0.3) is 0 Å². The van der Waals surface area contributed by atoms with Crippen molar-refractivity contribution in [3.05, 3.63) is 188 Å². The zero-order valence-corrected chi connectivity index (χ0v) is 30.5. The molecule has 57 heavy (non-hydrogen) atoms. The highest BCUT2D eigenvalue weighted by atomic mass is 16.3. The first kappa shape index (κ1) is 32.5. The van der Waals surface area contributed by atoms with Gasteiger partial charge in [0.2, 0.25) is 11.6 Å². The molecule has 0 atom stereocenters. The highest BCUT2D eigenvalue weighted by molar-refractivity contribution is 6.08. The van der Waals surface area contributed by atoms with Crippen LogP contribution in [-0.4, -0.2) is 19.9 Å². The summed E-state index contributed by atoms with van der Waals surface area (Å²) in [7, 11) is 0. The largest absolute Gasteiger partial charge is 0.437 e. The molecule has 0 amide bonds. The Labute approximate surface area is 327 Å². The summed E-state index contributed by atoms with van der Waals surface area (Å²) >= 11 is 0. The van der Waals surface area contributed by atoms with Gasteiger partial charge in [-0.25, -0.2) is 15.0 Å². The van der Waals surface area contributed by atoms with Crippen molar-refractivity contribution in [2.75, 3.05) is 4.90 Å². The van der Waals surface area contributed by atoms with Crippen molar-refractivity contribution < 1.29 is 8.83 Å². The summed E-state index contributed by atoms with van der Waals surface area (Å²) in [5, 5.41) is 3.10. The van der Waals surface area contributed by atoms with E-state index in [1.54, 1.807) is 6.20 Å². The second-order valence-corrected chi connectivity index (χ2v) is 13.9. The Morgan fingerprint density at radius 2 is 1.12 bits per heavy atom. The van der Waals surface area contributed by atoms with E-state index in [1.165, 1.54) is 0 Å². The van der Waals surface area contributed by atoms with Gasteiger partial charge in [-0.05, 0) is 90.5 Å². The van der Waals surface area contributed by atoms with Crippen molar-refractivity contribution in [2.45, 2.75) is 0 Å². The number of benzene rings is 6. The van der Waals surface area contributed by atoms with E-state index in [1.807, 2.05) is 60.8 Å². The van der Waals surface area contributed by atoms with Crippen LogP contribution in [0.1, 0.15) is 0 Å². The molecular weight excluding hydrogens is 703 g/mol. The van der Waals surface area contributed by atoms with Crippen LogP contribution < -0.4 is 4.90 Å². The molecule has 0 bridgehead atoms. The molecule has 0 spiro atoms. The molecule has 0 saturated heterocycles. The van der Waals surface area contributed by atoms with E-state index in [0.29, 0.717) is 11.6 Å². The summed E-state index contributed by atoms with van der Waals surface area (Å²) in [4.78, 5) is 21.3. The predicted octanol–water partition coefficient (Wildman–Crippen LogP) is 13.2. The van der Waals surface area contributed by atoms with Gasteiger partial charge >= 0.3 is 0 Å². The Morgan fingerprint density at radius 1 is 0.456 bits per heavy atom. The third kappa shape index (κ3) is 5.77. The van der Waals surface area contributed by atoms with Gasteiger partial charge < -0.3 is 13.7 Å². The van der Waals surface area contributed by atoms with Crippen LogP contribution in [0.25, 0.3) is 89.2 Å². The average molecular weight is 734 g/mol. The van der Waals surface area contributed by atoms with Gasteiger partial charge in [-0.1, -0.05) is 91.0 Å². The van der Waals surface area contributed by atoms with Crippen molar-refractivity contribution in [2.24, 2.45) is 0 Å². The van der Waals surface area contributed by atoms with E-state index in [0.717, 1.165) is 94.6 Å². The molecule has 0 N–H and O–H groups in total. The molecule has 5 aromatic heterocycles. The molecule has 7 heteroatoms. The first-order chi connectivity index (χ1) is 28.2. The van der Waals surface area contributed by atoms with Crippen LogP contribution >= 0.6 is 0 Å². The van der Waals surface area contributed by atoms with Crippen molar-refractivity contribution in [1.82, 2.24) is 19.9 Å². The minimum atomic E-state index is 0.589. The monoisotopic (exact) mass is 733 g/mol. The molecule has 0 aliphatic heterocycles. The quantitative estimate of drug-likeness (QED) is 0.161. The van der Waals surface area contributed by atoms with Crippen LogP contribution in [0.5, 0.6) is 0 Å². The first-order valence-corrected chi connectivity index (χ1v) is 18.8. The van der Waals surface area contributed by atoms with Crippen LogP contribution in [0.3, 0.4) is 0 Å². The van der Waals surface area contributed by atoms with Crippen molar-refractivity contribution >= 4 is 61.1 Å². The van der Waals surface area contributed by atoms with Crippen LogP contribution in [0.2, 0.25) is 0 Å². The lowest BCUT2D eigenvalue weighted by molar-refractivity contribution is 0.620. The number of hydrogen-bond acceptors (Lipinski definition) is 7. The zero-order chi connectivity index (χ0) is 37.7. The minimum absolute atomic E-state index is 0.589. The molecule has 11 rings (SSSR count). The highest BCUT2D eigenvalue weighted by Crippen LogP contribution is 2.40. The van der Waals surface area contributed by atoms with E-state index >= 15 is 0 Å². The number of furan rings is 1. The number of aromatic nitrogens is 4. The van der Waals surface area contributed by atoms with E-state index in [9.17, 15) is 0 Å². The lowest BCUT2D eigenvalue weighted by atomic mass is 10.0. The lowest BCUT2D eigenvalue weighted by Gasteiger charge is -2.26. The number of oxazole rings is 1. The fourth-order valence-electron chi connectivity index (χ4n) is 7.66. The smallest absolute Gasteiger partial charge is 0.227 e. The van der Waals surface area contributed by atoms with E-state index in [-0.39, 0.29) is 0 Å². The summed E-state index contributed by atoms with van der Waals surface area (Å²) in [6.45, 7) is 0. The molecule has 7 nitrogen and oxygen atoms in total. The van der Waals surface area contributed by atoms with Gasteiger partial charge in [0.1, 0.15) is 11.1 Å². The molecule has 0 fully saturated rings. The van der Waals surface area contributed by atoms with Crippen molar-refractivity contribution in [3.63, 3.8) is 0 Å². The maximum absolute atomic E-state index is 6.28. The number of rotatable bonds is 7. The summed E-state index contributed by atoms with van der Waals surface area (Å²) in [6.07, 6.45) is 3.58. The van der Waals surface area contributed by atoms with Crippen LogP contribution in [0.4, 0.5) is 17.1 Å². The number of hydrogen-bond donors (Lipinski definition) is 0. The SMILES string of the molecule is c1ccc(-c2nc(-c3ccc(N(c4ccc(-c5nc6ccccc6o5)cc4)c4ccc(-c5cccc6c5oc5ncccc56)cc4)cc3)cc3cccnc23)cc1. The second-order valence-electron chi connectivity index (χ2n) is 13.9. The number of pyridine rings is 3. The summed E-state index contributed by atoms with van der Waals surface area (Å²) in [6, 6.07) is 60.0. The molecule has 0 saturated carbocycles. The highest BCUT2D eigenvalue weighted by Gasteiger charge is 2.18. The molecule has 5 heterocycles. The molecule has 0 radical (unpaired) electrons.